The number of ether oxygens (including phenoxy) is 4. The maximum Gasteiger partial charge on any atom is 0.410 e. The average molecular weight is 999 g/mol. The number of ketones is 1. The number of aromatic hydroxyl groups is 2. The third-order valence-electron chi connectivity index (χ3n) is 16.5. The molecule has 1 spiro atoms. The van der Waals surface area contributed by atoms with Crippen LogP contribution in [-0.2, 0) is 19.0 Å². The fraction of sp³-hybridized carbons (Fsp3) is 0.655. The number of aliphatic hydroxyl groups excluding tert-OH is 2. The summed E-state index contributed by atoms with van der Waals surface area (Å²) in [5.74, 6) is -6.10. The minimum absolute atomic E-state index is 0.0602. The van der Waals surface area contributed by atoms with Crippen LogP contribution in [0.4, 0.5) is 10.5 Å². The second kappa shape index (κ2) is 21.4. The quantitative estimate of drug-likeness (QED) is 0.209. The molecule has 2 aromatic carbocycles. The summed E-state index contributed by atoms with van der Waals surface area (Å²) in [5, 5.41) is 51.7. The normalized spacial score (nSPS) is 32.6. The Bertz CT molecular complexity index is 2620. The Morgan fingerprint density at radius 2 is 1.60 bits per heavy atom. The van der Waals surface area contributed by atoms with Gasteiger partial charge in [0, 0.05) is 119 Å². The second-order valence-corrected chi connectivity index (χ2v) is 22.1. The van der Waals surface area contributed by atoms with Gasteiger partial charge in [0.1, 0.15) is 34.0 Å². The van der Waals surface area contributed by atoms with Crippen molar-refractivity contribution in [2.45, 2.75) is 149 Å². The Balaban J connectivity index is 1.19. The number of anilines is 1. The summed E-state index contributed by atoms with van der Waals surface area (Å²) in [5.41, 5.74) is -0.0970. The summed E-state index contributed by atoms with van der Waals surface area (Å²) >= 11 is 0. The van der Waals surface area contributed by atoms with Crippen LogP contribution >= 0.6 is 0 Å². The number of phenols is 2. The number of aliphatic hydroxyl groups is 2. The van der Waals surface area contributed by atoms with E-state index in [2.05, 4.69) is 34.0 Å². The molecule has 17 nitrogen and oxygen atoms in total. The van der Waals surface area contributed by atoms with Crippen molar-refractivity contribution in [3.8, 4) is 17.2 Å². The number of benzene rings is 2. The molecule has 6 aliphatic heterocycles. The van der Waals surface area contributed by atoms with Gasteiger partial charge in [-0.25, -0.2) is 9.79 Å². The number of Topliss-reactive ketones (excluding diaryl/α,β-unsaturated/α-hetero) is 1. The van der Waals surface area contributed by atoms with E-state index in [4.69, 9.17) is 23.9 Å². The van der Waals surface area contributed by atoms with Crippen molar-refractivity contribution in [3.05, 3.63) is 58.0 Å². The van der Waals surface area contributed by atoms with Crippen LogP contribution in [0, 0.1) is 36.5 Å². The molecule has 5 N–H and O–H groups in total. The lowest BCUT2D eigenvalue weighted by molar-refractivity contribution is -0.114. The molecule has 0 unspecified atom stereocenters. The lowest BCUT2D eigenvalue weighted by atomic mass is 9.78. The highest BCUT2D eigenvalue weighted by Crippen LogP contribution is 2.51. The molecule has 394 valence electrons. The van der Waals surface area contributed by atoms with Crippen LogP contribution in [-0.4, -0.2) is 148 Å². The SMILES string of the molecule is CO[C@H]1/C=C/O[C@@]2(C)Oc3c(C)c(O)c4c(O)c(c5c(c4c3C2=O)NC2(CCN(CC(C)C)CC2)N=5)=NC(=O)/C(C)=C\C=C\[C@H](C)[C@H](O)[C@@H](C)[C@@H](O)[C@@H](C)[C@H](OC(=O)N2CCCN(C3CCCC3)CC2)[C@@H]1C. The molecule has 72 heavy (non-hydrogen) atoms. The van der Waals surface area contributed by atoms with Crippen molar-refractivity contribution in [1.82, 2.24) is 14.7 Å². The van der Waals surface area contributed by atoms with E-state index in [0.29, 0.717) is 43.6 Å². The van der Waals surface area contributed by atoms with Gasteiger partial charge >= 0.3 is 11.9 Å². The highest BCUT2D eigenvalue weighted by Gasteiger charge is 2.51. The molecule has 2 aromatic rings. The van der Waals surface area contributed by atoms with E-state index in [0.717, 1.165) is 39.1 Å². The van der Waals surface area contributed by atoms with Crippen LogP contribution < -0.4 is 20.8 Å². The van der Waals surface area contributed by atoms with Gasteiger partial charge in [0.25, 0.3) is 11.7 Å². The number of methoxy groups -OCH3 is 1. The minimum atomic E-state index is -1.97. The van der Waals surface area contributed by atoms with Gasteiger partial charge in [-0.2, -0.15) is 0 Å². The van der Waals surface area contributed by atoms with Crippen molar-refractivity contribution in [2.75, 3.05) is 58.2 Å². The zero-order valence-electron chi connectivity index (χ0n) is 43.9. The number of nitrogens with zero attached hydrogens (tertiary/aromatic N) is 5. The molecule has 7 aliphatic rings. The minimum Gasteiger partial charge on any atom is -0.507 e. The van der Waals surface area contributed by atoms with Gasteiger partial charge in [-0.15, -0.1) is 0 Å². The van der Waals surface area contributed by atoms with E-state index in [1.165, 1.54) is 46.0 Å². The highest BCUT2D eigenvalue weighted by atomic mass is 16.7. The number of allylic oxidation sites excluding steroid dienone is 2. The molecule has 0 aromatic heterocycles. The largest absolute Gasteiger partial charge is 0.507 e. The monoisotopic (exact) mass is 999 g/mol. The van der Waals surface area contributed by atoms with E-state index in [1.54, 1.807) is 56.9 Å². The standard InChI is InChI=1S/C55H78N6O11/c1-30(2)29-59-24-20-55(21-25-59)57-42-39-40-47(64)36(8)50-41(39)51(66)54(9,72-50)70-28-19-38(69-10)33(5)49(71-53(68)61-23-14-22-60(26-27-61)37-17-11-12-18-37)35(7)46(63)34(6)45(62)31(3)15-13-16-32(4)52(67)56-44(48(40)65)43(42)58-55/h13,15-16,19,28,30-31,33-35,37-38,45-46,49,57,62-65H,11-12,14,17-18,20-27,29H2,1-10H3/b15-13+,28-19+,32-16-,56-44?/t31-,33+,34+,35+,38-,45-,46+,49+,54-/m0/s1. The lowest BCUT2D eigenvalue weighted by Gasteiger charge is -2.39. The van der Waals surface area contributed by atoms with Crippen LogP contribution in [0.2, 0.25) is 0 Å². The summed E-state index contributed by atoms with van der Waals surface area (Å²) in [6, 6.07) is 0.534. The number of phenolic OH excluding ortho intramolecular Hbond substituents is 2. The van der Waals surface area contributed by atoms with Crippen molar-refractivity contribution in [3.63, 3.8) is 0 Å². The van der Waals surface area contributed by atoms with E-state index in [1.807, 2.05) is 13.8 Å². The Morgan fingerprint density at radius 1 is 0.889 bits per heavy atom. The molecule has 5 bridgehead atoms. The molecule has 9 atom stereocenters. The number of fused-ring (bicyclic) bond motifs is 13. The Kier molecular flexibility index (Phi) is 15.8. The number of carbonyl (C=O) groups excluding carboxylic acids is 3. The predicted octanol–water partition coefficient (Wildman–Crippen LogP) is 6.27. The van der Waals surface area contributed by atoms with Crippen molar-refractivity contribution in [2.24, 2.45) is 39.6 Å². The summed E-state index contributed by atoms with van der Waals surface area (Å²) < 4.78 is 25.1. The maximum atomic E-state index is 15.0. The molecule has 3 fully saturated rings. The second-order valence-electron chi connectivity index (χ2n) is 22.1. The number of piperidine rings is 1. The highest BCUT2D eigenvalue weighted by molar-refractivity contribution is 6.21. The lowest BCUT2D eigenvalue weighted by Crippen LogP contribution is -2.48. The topological polar surface area (TPSA) is 216 Å². The first kappa shape index (κ1) is 53.2. The third kappa shape index (κ3) is 10.2. The van der Waals surface area contributed by atoms with Crippen molar-refractivity contribution in [1.29, 1.82) is 0 Å². The van der Waals surface area contributed by atoms with E-state index in [9.17, 15) is 34.8 Å². The van der Waals surface area contributed by atoms with E-state index < -0.39 is 83.1 Å². The first-order chi connectivity index (χ1) is 34.2. The first-order valence-corrected chi connectivity index (χ1v) is 26.3. The number of hydrogen-bond donors (Lipinski definition) is 5. The molecule has 1 saturated carbocycles. The summed E-state index contributed by atoms with van der Waals surface area (Å²) in [4.78, 5) is 59.5. The number of nitrogens with one attached hydrogen (secondary N) is 1. The Labute approximate surface area is 423 Å². The third-order valence-corrected chi connectivity index (χ3v) is 16.5. The number of likely N-dealkylation sites (tertiary alicyclic amines) is 1. The molecule has 0 radical (unpaired) electrons. The van der Waals surface area contributed by atoms with Gasteiger partial charge in [0.05, 0.1) is 41.2 Å². The predicted molar refractivity (Wildman–Crippen MR) is 272 cm³/mol. The number of rotatable bonds is 5. The van der Waals surface area contributed by atoms with Crippen molar-refractivity contribution >= 4 is 34.2 Å². The Hall–Kier alpha value is -5.07. The molecule has 2 saturated heterocycles. The van der Waals surface area contributed by atoms with Crippen LogP contribution in [0.1, 0.15) is 116 Å². The van der Waals surface area contributed by atoms with Gasteiger partial charge in [-0.3, -0.25) is 19.5 Å². The molecule has 1 aliphatic carbocycles. The zero-order chi connectivity index (χ0) is 52.0. The van der Waals surface area contributed by atoms with E-state index in [-0.39, 0.29) is 49.7 Å². The summed E-state index contributed by atoms with van der Waals surface area (Å²) in [6.45, 7) is 21.2. The molecular formula is C55H78N6O11. The summed E-state index contributed by atoms with van der Waals surface area (Å²) in [6.07, 6.45) is 10.2. The molecule has 17 heteroatoms. The van der Waals surface area contributed by atoms with Gasteiger partial charge in [0.15, 0.2) is 5.75 Å². The molecule has 6 heterocycles. The van der Waals surface area contributed by atoms with Gasteiger partial charge in [-0.1, -0.05) is 72.6 Å². The fourth-order valence-corrected chi connectivity index (χ4v) is 12.0. The molecular weight excluding hydrogens is 921 g/mol. The molecule has 2 amide bonds. The maximum absolute atomic E-state index is 15.0. The van der Waals surface area contributed by atoms with Gasteiger partial charge in [-0.05, 0) is 45.1 Å². The number of carbonyl (C=O) groups is 3. The summed E-state index contributed by atoms with van der Waals surface area (Å²) in [7, 11) is 1.51. The van der Waals surface area contributed by atoms with Crippen LogP contribution in [0.15, 0.2) is 46.1 Å². The number of hydrogen-bond acceptors (Lipinski definition) is 15. The fourth-order valence-electron chi connectivity index (χ4n) is 12.0. The average Bonchev–Trinajstić information content (AvgIpc) is 4.03. The van der Waals surface area contributed by atoms with Crippen LogP contribution in [0.3, 0.4) is 0 Å². The van der Waals surface area contributed by atoms with Crippen molar-refractivity contribution < 1.29 is 53.8 Å². The Morgan fingerprint density at radius 3 is 2.28 bits per heavy atom. The number of amides is 2. The smallest absolute Gasteiger partial charge is 0.410 e. The molecule has 9 rings (SSSR count). The van der Waals surface area contributed by atoms with Crippen LogP contribution in [0.25, 0.3) is 10.8 Å². The van der Waals surface area contributed by atoms with E-state index >= 15 is 0 Å². The van der Waals surface area contributed by atoms with Gasteiger partial charge < -0.3 is 54.5 Å². The first-order valence-electron chi connectivity index (χ1n) is 26.3. The van der Waals surface area contributed by atoms with Crippen LogP contribution in [0.5, 0.6) is 17.2 Å². The zero-order valence-corrected chi connectivity index (χ0v) is 43.9. The van der Waals surface area contributed by atoms with Gasteiger partial charge in [0.2, 0.25) is 0 Å².